The summed E-state index contributed by atoms with van der Waals surface area (Å²) in [5.74, 6) is 0. The van der Waals surface area contributed by atoms with Gasteiger partial charge >= 0.3 is 0 Å². The molecule has 0 saturated carbocycles. The van der Waals surface area contributed by atoms with Crippen molar-refractivity contribution in [3.05, 3.63) is 35.0 Å². The predicted molar refractivity (Wildman–Crippen MR) is 54.2 cm³/mol. The van der Waals surface area contributed by atoms with Crippen LogP contribution in [-0.4, -0.2) is 11.5 Å². The molecule has 3 nitrogen and oxygen atoms in total. The molecule has 0 aliphatic heterocycles. The van der Waals surface area contributed by atoms with Crippen LogP contribution in [-0.2, 0) is 16.1 Å². The molecule has 4 heteroatoms. The van der Waals surface area contributed by atoms with Crippen LogP contribution in [0.25, 0.3) is 10.9 Å². The minimum absolute atomic E-state index is 0.283. The van der Waals surface area contributed by atoms with Crippen molar-refractivity contribution < 1.29 is 9.53 Å². The van der Waals surface area contributed by atoms with E-state index in [0.29, 0.717) is 11.5 Å². The van der Waals surface area contributed by atoms with Gasteiger partial charge in [-0.15, -0.1) is 0 Å². The molecule has 0 atom stereocenters. The highest BCUT2D eigenvalue weighted by molar-refractivity contribution is 6.31. The fourth-order valence-corrected chi connectivity index (χ4v) is 1.57. The van der Waals surface area contributed by atoms with Gasteiger partial charge in [0.25, 0.3) is 6.47 Å². The van der Waals surface area contributed by atoms with E-state index in [9.17, 15) is 4.79 Å². The van der Waals surface area contributed by atoms with Gasteiger partial charge in [0.05, 0.1) is 0 Å². The first kappa shape index (κ1) is 9.09. The van der Waals surface area contributed by atoms with E-state index in [0.717, 1.165) is 16.5 Å². The second kappa shape index (κ2) is 3.72. The van der Waals surface area contributed by atoms with Gasteiger partial charge in [0.1, 0.15) is 6.61 Å². The van der Waals surface area contributed by atoms with Crippen LogP contribution < -0.4 is 0 Å². The molecule has 0 saturated heterocycles. The molecule has 2 aromatic rings. The van der Waals surface area contributed by atoms with Gasteiger partial charge in [-0.05, 0) is 12.1 Å². The predicted octanol–water partition coefficient (Wildman–Crippen LogP) is 2.49. The molecule has 0 spiro atoms. The van der Waals surface area contributed by atoms with E-state index >= 15 is 0 Å². The molecule has 0 bridgehead atoms. The minimum atomic E-state index is 0.283. The number of carbonyl (C=O) groups is 1. The highest BCUT2D eigenvalue weighted by atomic mass is 35.5. The van der Waals surface area contributed by atoms with Gasteiger partial charge in [-0.25, -0.2) is 0 Å². The van der Waals surface area contributed by atoms with Crippen molar-refractivity contribution in [1.29, 1.82) is 0 Å². The number of nitrogens with one attached hydrogen (secondary N) is 1. The maximum absolute atomic E-state index is 10.0. The summed E-state index contributed by atoms with van der Waals surface area (Å²) in [4.78, 5) is 13.1. The Morgan fingerprint density at radius 3 is 3.14 bits per heavy atom. The first-order valence-corrected chi connectivity index (χ1v) is 4.50. The van der Waals surface area contributed by atoms with Crippen molar-refractivity contribution in [2.24, 2.45) is 0 Å². The Labute approximate surface area is 85.6 Å². The standard InChI is InChI=1S/C10H8ClNO2/c11-8-1-2-9-7(5-14-6-13)4-12-10(9)3-8/h1-4,6,12H,5H2. The third-order valence-electron chi connectivity index (χ3n) is 2.04. The van der Waals surface area contributed by atoms with Crippen molar-refractivity contribution in [3.8, 4) is 0 Å². The van der Waals surface area contributed by atoms with E-state index in [2.05, 4.69) is 9.72 Å². The van der Waals surface area contributed by atoms with E-state index in [1.165, 1.54) is 0 Å². The zero-order valence-electron chi connectivity index (χ0n) is 7.29. The number of carbonyl (C=O) groups excluding carboxylic acids is 1. The highest BCUT2D eigenvalue weighted by Gasteiger charge is 2.03. The number of H-pyrrole nitrogens is 1. The lowest BCUT2D eigenvalue weighted by Gasteiger charge is -1.96. The Bertz CT molecular complexity index is 464. The number of rotatable bonds is 3. The van der Waals surface area contributed by atoms with Crippen LogP contribution >= 0.6 is 11.6 Å². The van der Waals surface area contributed by atoms with Crippen LogP contribution in [0.5, 0.6) is 0 Å². The van der Waals surface area contributed by atoms with E-state index in [1.807, 2.05) is 24.4 Å². The molecule has 1 aromatic carbocycles. The van der Waals surface area contributed by atoms with E-state index in [4.69, 9.17) is 11.6 Å². The number of halogens is 1. The summed E-state index contributed by atoms with van der Waals surface area (Å²) in [6.45, 7) is 0.722. The monoisotopic (exact) mass is 209 g/mol. The molecular formula is C10H8ClNO2. The van der Waals surface area contributed by atoms with Gasteiger partial charge in [0.15, 0.2) is 0 Å². The SMILES string of the molecule is O=COCc1c[nH]c2cc(Cl)ccc12. The molecule has 0 radical (unpaired) electrons. The number of ether oxygens (including phenoxy) is 1. The van der Waals surface area contributed by atoms with Gasteiger partial charge in [0.2, 0.25) is 0 Å². The second-order valence-electron chi connectivity index (χ2n) is 2.91. The van der Waals surface area contributed by atoms with Crippen LogP contribution in [0.15, 0.2) is 24.4 Å². The summed E-state index contributed by atoms with van der Waals surface area (Å²) in [7, 11) is 0. The minimum Gasteiger partial charge on any atom is -0.463 e. The average Bonchev–Trinajstić information content (AvgIpc) is 2.57. The summed E-state index contributed by atoms with van der Waals surface area (Å²) < 4.78 is 4.68. The Hall–Kier alpha value is -1.48. The Kier molecular flexibility index (Phi) is 2.41. The summed E-state index contributed by atoms with van der Waals surface area (Å²) in [5, 5.41) is 1.71. The molecule has 1 aromatic heterocycles. The summed E-state index contributed by atoms with van der Waals surface area (Å²) in [6, 6.07) is 5.54. The van der Waals surface area contributed by atoms with Crippen molar-refractivity contribution in [3.63, 3.8) is 0 Å². The van der Waals surface area contributed by atoms with Gasteiger partial charge in [-0.3, -0.25) is 4.79 Å². The molecule has 14 heavy (non-hydrogen) atoms. The zero-order valence-corrected chi connectivity index (χ0v) is 8.04. The Balaban J connectivity index is 2.42. The summed E-state index contributed by atoms with van der Waals surface area (Å²) >= 11 is 5.82. The first-order chi connectivity index (χ1) is 6.81. The normalized spacial score (nSPS) is 10.4. The van der Waals surface area contributed by atoms with Gasteiger partial charge in [-0.2, -0.15) is 0 Å². The summed E-state index contributed by atoms with van der Waals surface area (Å²) in [5.41, 5.74) is 1.89. The van der Waals surface area contributed by atoms with Crippen molar-refractivity contribution in [2.45, 2.75) is 6.61 Å². The molecule has 0 unspecified atom stereocenters. The lowest BCUT2D eigenvalue weighted by Crippen LogP contribution is -1.87. The average molecular weight is 210 g/mol. The Morgan fingerprint density at radius 2 is 2.36 bits per heavy atom. The highest BCUT2D eigenvalue weighted by Crippen LogP contribution is 2.22. The number of hydrogen-bond acceptors (Lipinski definition) is 2. The lowest BCUT2D eigenvalue weighted by atomic mass is 10.2. The smallest absolute Gasteiger partial charge is 0.293 e. The fourth-order valence-electron chi connectivity index (χ4n) is 1.40. The second-order valence-corrected chi connectivity index (χ2v) is 3.35. The maximum Gasteiger partial charge on any atom is 0.293 e. The Morgan fingerprint density at radius 1 is 1.50 bits per heavy atom. The van der Waals surface area contributed by atoms with E-state index in [-0.39, 0.29) is 6.61 Å². The van der Waals surface area contributed by atoms with Gasteiger partial charge in [0, 0.05) is 27.7 Å². The van der Waals surface area contributed by atoms with Crippen LogP contribution in [0.2, 0.25) is 5.02 Å². The van der Waals surface area contributed by atoms with Crippen molar-refractivity contribution in [1.82, 2.24) is 4.98 Å². The molecule has 0 fully saturated rings. The molecular weight excluding hydrogens is 202 g/mol. The zero-order chi connectivity index (χ0) is 9.97. The van der Waals surface area contributed by atoms with Crippen molar-refractivity contribution in [2.75, 3.05) is 0 Å². The molecule has 1 N–H and O–H groups in total. The largest absolute Gasteiger partial charge is 0.463 e. The van der Waals surface area contributed by atoms with Crippen LogP contribution in [0, 0.1) is 0 Å². The maximum atomic E-state index is 10.0. The molecule has 0 aliphatic carbocycles. The van der Waals surface area contributed by atoms with Gasteiger partial charge in [-0.1, -0.05) is 17.7 Å². The first-order valence-electron chi connectivity index (χ1n) is 4.12. The van der Waals surface area contributed by atoms with E-state index in [1.54, 1.807) is 0 Å². The number of hydrogen-bond donors (Lipinski definition) is 1. The molecule has 0 amide bonds. The van der Waals surface area contributed by atoms with Gasteiger partial charge < -0.3 is 9.72 Å². The summed E-state index contributed by atoms with van der Waals surface area (Å²) in [6.07, 6.45) is 1.81. The number of aromatic amines is 1. The topological polar surface area (TPSA) is 42.1 Å². The third kappa shape index (κ3) is 1.59. The van der Waals surface area contributed by atoms with E-state index < -0.39 is 0 Å². The number of fused-ring (bicyclic) bond motifs is 1. The quantitative estimate of drug-likeness (QED) is 0.790. The van der Waals surface area contributed by atoms with Crippen LogP contribution in [0.1, 0.15) is 5.56 Å². The fraction of sp³-hybridized carbons (Fsp3) is 0.100. The van der Waals surface area contributed by atoms with Crippen molar-refractivity contribution >= 4 is 29.0 Å². The number of aromatic nitrogens is 1. The lowest BCUT2D eigenvalue weighted by molar-refractivity contribution is -0.129. The van der Waals surface area contributed by atoms with Crippen LogP contribution in [0.4, 0.5) is 0 Å². The molecule has 2 rings (SSSR count). The molecule has 1 heterocycles. The number of benzene rings is 1. The molecule has 72 valence electrons. The van der Waals surface area contributed by atoms with Crippen LogP contribution in [0.3, 0.4) is 0 Å². The molecule has 0 aliphatic rings. The third-order valence-corrected chi connectivity index (χ3v) is 2.27.